The van der Waals surface area contributed by atoms with Crippen LogP contribution >= 0.6 is 11.8 Å². The van der Waals surface area contributed by atoms with E-state index in [0.29, 0.717) is 22.3 Å². The molecule has 1 aliphatic carbocycles. The van der Waals surface area contributed by atoms with E-state index in [4.69, 9.17) is 27.9 Å². The van der Waals surface area contributed by atoms with Gasteiger partial charge in [0.25, 0.3) is 0 Å². The number of hydrazone groups is 1. The van der Waals surface area contributed by atoms with Crippen molar-refractivity contribution in [3.8, 4) is 5.75 Å². The summed E-state index contributed by atoms with van der Waals surface area (Å²) in [4.78, 5) is 4.61. The maximum absolute atomic E-state index is 6.34. The lowest BCUT2D eigenvalue weighted by Crippen LogP contribution is -2.38. The quantitative estimate of drug-likeness (QED) is 0.227. The minimum absolute atomic E-state index is 0.182. The lowest BCUT2D eigenvalue weighted by atomic mass is 9.98. The number of hydrogen-bond donors (Lipinski definition) is 4. The summed E-state index contributed by atoms with van der Waals surface area (Å²) < 4.78 is 6.13. The van der Waals surface area contributed by atoms with E-state index in [1.807, 2.05) is 25.3 Å². The van der Waals surface area contributed by atoms with E-state index in [2.05, 4.69) is 10.1 Å². The molecule has 0 unspecified atom stereocenters. The zero-order chi connectivity index (χ0) is 20.7. The van der Waals surface area contributed by atoms with Crippen molar-refractivity contribution in [3.63, 3.8) is 0 Å². The average molecular weight is 409 g/mol. The molecule has 8 N–H and O–H groups in total. The van der Waals surface area contributed by atoms with Crippen LogP contribution in [0.4, 0.5) is 0 Å². The van der Waals surface area contributed by atoms with Crippen molar-refractivity contribution in [2.24, 2.45) is 28.3 Å². The lowest BCUT2D eigenvalue weighted by Gasteiger charge is -2.24. The second-order valence-corrected chi connectivity index (χ2v) is 7.70. The van der Waals surface area contributed by atoms with Gasteiger partial charge in [-0.25, -0.2) is 21.8 Å². The molecule has 2 rings (SSSR count). The van der Waals surface area contributed by atoms with Crippen molar-refractivity contribution in [2.75, 3.05) is 19.8 Å². The molecule has 156 valence electrons. The molecule has 0 bridgehead atoms. The molecule has 1 aromatic heterocycles. The van der Waals surface area contributed by atoms with Crippen LogP contribution in [-0.4, -0.2) is 46.2 Å². The highest BCUT2D eigenvalue weighted by Crippen LogP contribution is 2.26. The summed E-state index contributed by atoms with van der Waals surface area (Å²) in [5.41, 5.74) is 14.4. The molecule has 0 atom stereocenters. The molecule has 0 spiro atoms. The summed E-state index contributed by atoms with van der Waals surface area (Å²) in [5.74, 6) is 12.7. The zero-order valence-electron chi connectivity index (χ0n) is 16.9. The second kappa shape index (κ2) is 10.4. The van der Waals surface area contributed by atoms with Gasteiger partial charge < -0.3 is 21.2 Å². The predicted molar refractivity (Wildman–Crippen MR) is 116 cm³/mol. The van der Waals surface area contributed by atoms with Gasteiger partial charge in [-0.15, -0.1) is 5.10 Å². The first-order valence-corrected chi connectivity index (χ1v) is 10.6. The molecule has 0 radical (unpaired) electrons. The summed E-state index contributed by atoms with van der Waals surface area (Å²) in [5, 5.41) is 7.00. The van der Waals surface area contributed by atoms with Crippen LogP contribution in [0.3, 0.4) is 0 Å². The first kappa shape index (κ1) is 22.1. The number of thioether (sulfide) groups is 1. The van der Waals surface area contributed by atoms with Crippen molar-refractivity contribution in [2.45, 2.75) is 45.1 Å². The average Bonchev–Trinajstić information content (AvgIpc) is 2.67. The minimum Gasteiger partial charge on any atom is -0.489 e. The number of pyridine rings is 1. The van der Waals surface area contributed by atoms with Crippen LogP contribution in [0.15, 0.2) is 22.9 Å². The van der Waals surface area contributed by atoms with Gasteiger partial charge in [0.05, 0.1) is 35.4 Å². The molecular formula is C18H32N8OS. The van der Waals surface area contributed by atoms with Gasteiger partial charge in [0.15, 0.2) is 5.17 Å². The van der Waals surface area contributed by atoms with E-state index in [9.17, 15) is 0 Å². The zero-order valence-corrected chi connectivity index (χ0v) is 17.7. The van der Waals surface area contributed by atoms with Crippen molar-refractivity contribution in [1.29, 1.82) is 0 Å². The Morgan fingerprint density at radius 1 is 1.25 bits per heavy atom. The third-order valence-electron chi connectivity index (χ3n) is 4.64. The predicted octanol–water partition coefficient (Wildman–Crippen LogP) is 1.30. The molecule has 1 aromatic rings. The molecule has 28 heavy (non-hydrogen) atoms. The smallest absolute Gasteiger partial charge is 0.179 e. The van der Waals surface area contributed by atoms with Crippen LogP contribution in [0, 0.1) is 6.92 Å². The molecule has 0 aliphatic heterocycles. The molecule has 0 saturated heterocycles. The highest BCUT2D eigenvalue weighted by Gasteiger charge is 2.18. The van der Waals surface area contributed by atoms with Crippen molar-refractivity contribution in [3.05, 3.63) is 29.2 Å². The molecule has 0 amide bonds. The Labute approximate surface area is 171 Å². The van der Waals surface area contributed by atoms with Crippen LogP contribution < -0.4 is 27.9 Å². The van der Waals surface area contributed by atoms with Crippen molar-refractivity contribution in [1.82, 2.24) is 15.1 Å². The van der Waals surface area contributed by atoms with Gasteiger partial charge >= 0.3 is 0 Å². The first-order valence-electron chi connectivity index (χ1n) is 9.33. The third-order valence-corrected chi connectivity index (χ3v) is 5.14. The van der Waals surface area contributed by atoms with Crippen LogP contribution in [0.1, 0.15) is 43.5 Å². The monoisotopic (exact) mass is 408 g/mol. The topological polar surface area (TPSA) is 145 Å². The molecule has 9 nitrogen and oxygen atoms in total. The number of aryl methyl sites for hydroxylation is 1. The fourth-order valence-corrected chi connectivity index (χ4v) is 3.26. The Morgan fingerprint density at radius 2 is 1.93 bits per heavy atom. The maximum atomic E-state index is 6.34. The van der Waals surface area contributed by atoms with E-state index < -0.39 is 0 Å². The number of rotatable bonds is 7. The SMILES string of the molecule is CS/C(N)=N/N(N)C/C(=C(/N)c1ccc(OC2CCCCC2)c(C)n1)N(C)N. The molecular weight excluding hydrogens is 376 g/mol. The Kier molecular flexibility index (Phi) is 8.21. The highest BCUT2D eigenvalue weighted by atomic mass is 32.2. The summed E-state index contributed by atoms with van der Waals surface area (Å²) in [7, 11) is 1.69. The molecule has 1 saturated carbocycles. The first-order chi connectivity index (χ1) is 13.3. The summed E-state index contributed by atoms with van der Waals surface area (Å²) in [6.45, 7) is 2.10. The third kappa shape index (κ3) is 6.18. The summed E-state index contributed by atoms with van der Waals surface area (Å²) >= 11 is 1.30. The van der Waals surface area contributed by atoms with Crippen LogP contribution in [0.25, 0.3) is 5.70 Å². The number of hydrogen-bond acceptors (Lipinski definition) is 9. The fraction of sp³-hybridized carbons (Fsp3) is 0.556. The molecule has 0 aromatic carbocycles. The molecule has 10 heteroatoms. The largest absolute Gasteiger partial charge is 0.489 e. The Bertz CT molecular complexity index is 716. The van der Waals surface area contributed by atoms with Gasteiger partial charge in [-0.05, 0) is 51.0 Å². The fourth-order valence-electron chi connectivity index (χ4n) is 3.08. The minimum atomic E-state index is 0.182. The maximum Gasteiger partial charge on any atom is 0.179 e. The van der Waals surface area contributed by atoms with Gasteiger partial charge in [-0.2, -0.15) is 0 Å². The Morgan fingerprint density at radius 3 is 2.50 bits per heavy atom. The summed E-state index contributed by atoms with van der Waals surface area (Å²) in [6.07, 6.45) is 8.00. The van der Waals surface area contributed by atoms with Crippen LogP contribution in [0.5, 0.6) is 5.75 Å². The molecule has 1 heterocycles. The number of amidine groups is 1. The van der Waals surface area contributed by atoms with Crippen molar-refractivity contribution < 1.29 is 4.74 Å². The van der Waals surface area contributed by atoms with Gasteiger partial charge in [0.2, 0.25) is 0 Å². The van der Waals surface area contributed by atoms with E-state index >= 15 is 0 Å². The number of nitrogens with zero attached hydrogens (tertiary/aromatic N) is 4. The number of nitrogens with two attached hydrogens (primary N) is 4. The molecule has 1 fully saturated rings. The van der Waals surface area contributed by atoms with E-state index in [-0.39, 0.29) is 12.6 Å². The van der Waals surface area contributed by atoms with E-state index in [1.165, 1.54) is 41.2 Å². The van der Waals surface area contributed by atoms with Gasteiger partial charge in [-0.3, -0.25) is 0 Å². The van der Waals surface area contributed by atoms with E-state index in [0.717, 1.165) is 24.3 Å². The summed E-state index contributed by atoms with van der Waals surface area (Å²) in [6, 6.07) is 3.75. The molecule has 1 aliphatic rings. The van der Waals surface area contributed by atoms with Crippen molar-refractivity contribution >= 4 is 22.6 Å². The van der Waals surface area contributed by atoms with Crippen LogP contribution in [0.2, 0.25) is 0 Å². The standard InChI is InChI=1S/C18H32N8OS/c1-12-16(27-13-7-5-4-6-8-13)10-9-14(23-12)17(19)15(25(2)21)11-26(22)24-18(20)28-3/h9-10,13H,4-8,11,19,21-22H2,1-3H3,(H2,20,24)/b17-15-. The van der Waals surface area contributed by atoms with Gasteiger partial charge in [0, 0.05) is 7.05 Å². The van der Waals surface area contributed by atoms with Gasteiger partial charge in [0.1, 0.15) is 5.75 Å². The second-order valence-electron chi connectivity index (χ2n) is 6.87. The number of aromatic nitrogens is 1. The number of hydrazine groups is 2. The Balaban J connectivity index is 2.20. The number of likely N-dealkylation sites (N-methyl/N-ethyl adjacent to an activating group) is 1. The lowest BCUT2D eigenvalue weighted by molar-refractivity contribution is 0.153. The van der Waals surface area contributed by atoms with Crippen LogP contribution in [-0.2, 0) is 0 Å². The highest BCUT2D eigenvalue weighted by molar-refractivity contribution is 8.13. The number of ether oxygens (including phenoxy) is 1. The normalized spacial score (nSPS) is 16.5. The Hall–Kier alpha value is -2.17. The van der Waals surface area contributed by atoms with E-state index in [1.54, 1.807) is 7.05 Å². The van der Waals surface area contributed by atoms with Gasteiger partial charge in [-0.1, -0.05) is 18.2 Å².